The van der Waals surface area contributed by atoms with Crippen molar-refractivity contribution in [3.05, 3.63) is 11.6 Å². The maximum atomic E-state index is 12.7. The van der Waals surface area contributed by atoms with Crippen LogP contribution in [0.4, 0.5) is 0 Å². The molecule has 0 heterocycles. The number of hydrogen-bond acceptors (Lipinski definition) is 3. The number of ketones is 2. The Morgan fingerprint density at radius 2 is 1.92 bits per heavy atom. The molecule has 0 aliphatic heterocycles. The number of aliphatic hydroxyl groups excluding tert-OH is 1. The van der Waals surface area contributed by atoms with Gasteiger partial charge in [-0.05, 0) is 73.7 Å². The minimum Gasteiger partial charge on any atom is -0.396 e. The van der Waals surface area contributed by atoms with E-state index in [1.165, 1.54) is 5.57 Å². The third-order valence-corrected chi connectivity index (χ3v) is 7.96. The third kappa shape index (κ3) is 2.20. The zero-order valence-electron chi connectivity index (χ0n) is 15.0. The molecule has 3 fully saturated rings. The zero-order valence-corrected chi connectivity index (χ0v) is 15.0. The Balaban J connectivity index is 1.71. The van der Waals surface area contributed by atoms with Gasteiger partial charge in [-0.1, -0.05) is 19.4 Å². The number of rotatable bonds is 2. The number of fused-ring (bicyclic) bond motifs is 5. The standard InChI is InChI=1S/C21H30O3/c1-20(2)12-16-14(15-4-3-13(23)11-18(15)20)7-8-21(9-10-22)17(16)5-6-19(21)24/h11,14-17,22H,3-10,12H2,1-2H3. The van der Waals surface area contributed by atoms with E-state index in [-0.39, 0.29) is 17.4 Å². The van der Waals surface area contributed by atoms with E-state index in [2.05, 4.69) is 13.8 Å². The molecule has 0 radical (unpaired) electrons. The topological polar surface area (TPSA) is 54.4 Å². The average molecular weight is 330 g/mol. The van der Waals surface area contributed by atoms with Gasteiger partial charge in [0.15, 0.2) is 5.78 Å². The molecular weight excluding hydrogens is 300 g/mol. The Morgan fingerprint density at radius 1 is 1.12 bits per heavy atom. The summed E-state index contributed by atoms with van der Waals surface area (Å²) in [5.41, 5.74) is 1.21. The van der Waals surface area contributed by atoms with Crippen LogP contribution in [-0.2, 0) is 9.59 Å². The fourth-order valence-corrected chi connectivity index (χ4v) is 7.00. The van der Waals surface area contributed by atoms with E-state index < -0.39 is 0 Å². The molecule has 0 amide bonds. The molecule has 0 bridgehead atoms. The Bertz CT molecular complexity index is 602. The molecule has 132 valence electrons. The van der Waals surface area contributed by atoms with Crippen molar-refractivity contribution in [3.63, 3.8) is 0 Å². The summed E-state index contributed by atoms with van der Waals surface area (Å²) in [7, 11) is 0. The minimum absolute atomic E-state index is 0.0653. The smallest absolute Gasteiger partial charge is 0.155 e. The summed E-state index contributed by atoms with van der Waals surface area (Å²) in [5.74, 6) is 2.93. The largest absolute Gasteiger partial charge is 0.396 e. The quantitative estimate of drug-likeness (QED) is 0.840. The van der Waals surface area contributed by atoms with E-state index in [9.17, 15) is 14.7 Å². The van der Waals surface area contributed by atoms with Crippen molar-refractivity contribution in [2.24, 2.45) is 34.5 Å². The second kappa shape index (κ2) is 5.52. The Kier molecular flexibility index (Phi) is 3.80. The first-order valence-corrected chi connectivity index (χ1v) is 9.78. The van der Waals surface area contributed by atoms with Crippen molar-refractivity contribution in [3.8, 4) is 0 Å². The van der Waals surface area contributed by atoms with Crippen molar-refractivity contribution in [2.45, 2.75) is 65.2 Å². The summed E-state index contributed by atoms with van der Waals surface area (Å²) in [6.07, 6.45) is 9.18. The number of Topliss-reactive ketones (excluding diaryl/α,β-unsaturated/α-hetero) is 1. The van der Waals surface area contributed by atoms with Crippen LogP contribution in [0.3, 0.4) is 0 Å². The molecule has 4 aliphatic carbocycles. The van der Waals surface area contributed by atoms with Gasteiger partial charge in [-0.2, -0.15) is 0 Å². The first-order valence-electron chi connectivity index (χ1n) is 9.78. The van der Waals surface area contributed by atoms with Crippen LogP contribution >= 0.6 is 0 Å². The van der Waals surface area contributed by atoms with Crippen LogP contribution in [0, 0.1) is 34.5 Å². The summed E-state index contributed by atoms with van der Waals surface area (Å²) >= 11 is 0. The molecule has 4 aliphatic rings. The van der Waals surface area contributed by atoms with Crippen LogP contribution in [-0.4, -0.2) is 23.3 Å². The lowest BCUT2D eigenvalue weighted by Gasteiger charge is -2.57. The molecule has 0 aromatic rings. The molecule has 3 nitrogen and oxygen atoms in total. The molecule has 3 saturated carbocycles. The Morgan fingerprint density at radius 3 is 2.67 bits per heavy atom. The van der Waals surface area contributed by atoms with Gasteiger partial charge in [0.1, 0.15) is 5.78 Å². The highest BCUT2D eigenvalue weighted by Gasteiger charge is 2.60. The van der Waals surface area contributed by atoms with Gasteiger partial charge in [0, 0.05) is 24.9 Å². The molecule has 3 heteroatoms. The van der Waals surface area contributed by atoms with Crippen LogP contribution in [0.15, 0.2) is 11.6 Å². The van der Waals surface area contributed by atoms with Gasteiger partial charge in [-0.25, -0.2) is 0 Å². The van der Waals surface area contributed by atoms with E-state index in [1.54, 1.807) is 0 Å². The van der Waals surface area contributed by atoms with Gasteiger partial charge in [0.25, 0.3) is 0 Å². The van der Waals surface area contributed by atoms with Gasteiger partial charge in [0.2, 0.25) is 0 Å². The summed E-state index contributed by atoms with van der Waals surface area (Å²) in [6, 6.07) is 0. The van der Waals surface area contributed by atoms with E-state index in [4.69, 9.17) is 0 Å². The average Bonchev–Trinajstić information content (AvgIpc) is 2.85. The normalized spacial score (nSPS) is 43.7. The molecule has 0 aromatic heterocycles. The van der Waals surface area contributed by atoms with Crippen LogP contribution in [0.5, 0.6) is 0 Å². The molecule has 4 rings (SSSR count). The van der Waals surface area contributed by atoms with Crippen LogP contribution in [0.2, 0.25) is 0 Å². The molecular formula is C21H30O3. The number of carbonyl (C=O) groups is 2. The van der Waals surface area contributed by atoms with Crippen molar-refractivity contribution in [1.82, 2.24) is 0 Å². The SMILES string of the molecule is CC1(C)CC2C(CCC3(CCO)C(=O)CCC23)C2CCC(=O)C=C21. The maximum absolute atomic E-state index is 12.7. The summed E-state index contributed by atoms with van der Waals surface area (Å²) in [4.78, 5) is 24.7. The van der Waals surface area contributed by atoms with E-state index in [1.807, 2.05) is 6.08 Å². The first-order chi connectivity index (χ1) is 11.4. The van der Waals surface area contributed by atoms with Gasteiger partial charge < -0.3 is 5.11 Å². The predicted molar refractivity (Wildman–Crippen MR) is 92.3 cm³/mol. The highest BCUT2D eigenvalue weighted by molar-refractivity contribution is 5.91. The van der Waals surface area contributed by atoms with Gasteiger partial charge in [-0.15, -0.1) is 0 Å². The van der Waals surface area contributed by atoms with Crippen molar-refractivity contribution < 1.29 is 14.7 Å². The maximum Gasteiger partial charge on any atom is 0.155 e. The lowest BCUT2D eigenvalue weighted by atomic mass is 9.47. The van der Waals surface area contributed by atoms with Gasteiger partial charge >= 0.3 is 0 Å². The molecule has 24 heavy (non-hydrogen) atoms. The van der Waals surface area contributed by atoms with Crippen molar-refractivity contribution in [2.75, 3.05) is 6.61 Å². The lowest BCUT2D eigenvalue weighted by molar-refractivity contribution is -0.135. The second-order valence-corrected chi connectivity index (χ2v) is 9.36. The van der Waals surface area contributed by atoms with Crippen molar-refractivity contribution >= 4 is 11.6 Å². The highest BCUT2D eigenvalue weighted by Crippen LogP contribution is 2.64. The highest BCUT2D eigenvalue weighted by atomic mass is 16.3. The van der Waals surface area contributed by atoms with Crippen LogP contribution < -0.4 is 0 Å². The van der Waals surface area contributed by atoms with Crippen molar-refractivity contribution in [1.29, 1.82) is 0 Å². The van der Waals surface area contributed by atoms with Crippen LogP contribution in [0.25, 0.3) is 0 Å². The monoisotopic (exact) mass is 330 g/mol. The summed E-state index contributed by atoms with van der Waals surface area (Å²) in [5, 5.41) is 9.59. The summed E-state index contributed by atoms with van der Waals surface area (Å²) in [6.45, 7) is 4.71. The summed E-state index contributed by atoms with van der Waals surface area (Å²) < 4.78 is 0. The minimum atomic E-state index is -0.238. The zero-order chi connectivity index (χ0) is 17.1. The van der Waals surface area contributed by atoms with E-state index >= 15 is 0 Å². The first kappa shape index (κ1) is 16.5. The predicted octanol–water partition coefficient (Wildman–Crippen LogP) is 3.70. The molecule has 0 saturated heterocycles. The number of hydrogen-bond donors (Lipinski definition) is 1. The second-order valence-electron chi connectivity index (χ2n) is 9.36. The molecule has 0 spiro atoms. The number of allylic oxidation sites excluding steroid dienone is 1. The number of carbonyl (C=O) groups excluding carboxylic acids is 2. The fourth-order valence-electron chi connectivity index (χ4n) is 7.00. The van der Waals surface area contributed by atoms with E-state index in [0.29, 0.717) is 54.5 Å². The molecule has 5 atom stereocenters. The fraction of sp³-hybridized carbons (Fsp3) is 0.810. The number of aliphatic hydroxyl groups is 1. The van der Waals surface area contributed by atoms with E-state index in [0.717, 1.165) is 32.1 Å². The third-order valence-electron chi connectivity index (χ3n) is 7.96. The Hall–Kier alpha value is -0.960. The molecule has 1 N–H and O–H groups in total. The molecule has 0 aromatic carbocycles. The van der Waals surface area contributed by atoms with Crippen LogP contribution in [0.1, 0.15) is 65.2 Å². The van der Waals surface area contributed by atoms with Gasteiger partial charge in [-0.3, -0.25) is 9.59 Å². The lowest BCUT2D eigenvalue weighted by Crippen LogP contribution is -2.51. The molecule has 5 unspecified atom stereocenters. The van der Waals surface area contributed by atoms with Gasteiger partial charge in [0.05, 0.1) is 0 Å². The Labute approximate surface area is 144 Å².